The molecule has 0 unspecified atom stereocenters. The standard InChI is InChI=1S/C8H17O4P.C6H15O3P.C5H11NS.C5H11N.C5H13O4P.C5H13O3P.C3H8O2/c1-10-13(9,11-2)12-8-6-4-3-5-7-8;1-6(2)5-10(7,8-3)9-4;1-5(6-2)4-7-3;1-4-5(2)6-3;1-5(2)9-10(6,7-3)8-4;1-5(2)9(6,7-3)8-4;1-4-3-5-2/h8H,3-7H2,1-2H3;6H,5H2,1-4H3;6H,1,4H2,2-3H3;6H,2,4H2,1,3H3;5H,1-4H3;5H,1-4H3;3H2,1-2H3. The maximum Gasteiger partial charge on any atom is 0.474 e. The maximum atomic E-state index is 11.6. The summed E-state index contributed by atoms with van der Waals surface area (Å²) in [7, 11) is 5.82. The Kier molecular flexibility index (Phi) is 54.1. The third kappa shape index (κ3) is 45.9. The van der Waals surface area contributed by atoms with Gasteiger partial charge in [0.15, 0.2) is 0 Å². The van der Waals surface area contributed by atoms with Crippen molar-refractivity contribution in [3.8, 4) is 0 Å². The van der Waals surface area contributed by atoms with E-state index in [1.165, 1.54) is 63.3 Å². The maximum absolute atomic E-state index is 11.6. The zero-order valence-corrected chi connectivity index (χ0v) is 45.2. The molecule has 18 nitrogen and oxygen atoms in total. The minimum absolute atomic E-state index is 0.0412. The molecule has 0 amide bonds. The molecule has 23 heteroatoms. The first-order valence-corrected chi connectivity index (χ1v) is 26.9. The molecule has 0 bridgehead atoms. The Morgan fingerprint density at radius 2 is 1.07 bits per heavy atom. The van der Waals surface area contributed by atoms with Crippen LogP contribution in [0.5, 0.6) is 0 Å². The molecule has 60 heavy (non-hydrogen) atoms. The first-order chi connectivity index (χ1) is 27.9. The number of allylic oxidation sites excluding steroid dienone is 1. The van der Waals surface area contributed by atoms with E-state index in [0.29, 0.717) is 18.9 Å². The van der Waals surface area contributed by atoms with Gasteiger partial charge in [-0.2, -0.15) is 11.8 Å². The van der Waals surface area contributed by atoms with E-state index in [1.807, 2.05) is 27.9 Å². The van der Waals surface area contributed by atoms with Gasteiger partial charge in [-0.1, -0.05) is 67.0 Å². The number of rotatable bonds is 22. The molecule has 0 atom stereocenters. The molecule has 0 aromatic rings. The van der Waals surface area contributed by atoms with Crippen LogP contribution in [0.25, 0.3) is 0 Å². The quantitative estimate of drug-likeness (QED) is 0.0765. The van der Waals surface area contributed by atoms with E-state index >= 15 is 0 Å². The van der Waals surface area contributed by atoms with E-state index in [4.69, 9.17) is 27.1 Å². The average Bonchev–Trinajstić information content (AvgIpc) is 3.24. The van der Waals surface area contributed by atoms with Gasteiger partial charge in [0.1, 0.15) is 6.79 Å². The summed E-state index contributed by atoms with van der Waals surface area (Å²) in [5.74, 6) is 1.35. The minimum atomic E-state index is -3.25. The molecule has 368 valence electrons. The third-order valence-corrected chi connectivity index (χ3v) is 15.3. The molecule has 0 aromatic carbocycles. The smallest absolute Gasteiger partial charge is 0.392 e. The zero-order chi connectivity index (χ0) is 48.4. The predicted molar refractivity (Wildman–Crippen MR) is 249 cm³/mol. The van der Waals surface area contributed by atoms with Crippen LogP contribution in [0.1, 0.15) is 87.0 Å². The summed E-state index contributed by atoms with van der Waals surface area (Å²) >= 11 is 1.77. The number of phosphoric acid groups is 2. The van der Waals surface area contributed by atoms with E-state index in [2.05, 4.69) is 64.5 Å². The first kappa shape index (κ1) is 71.5. The number of nitrogens with one attached hydrogen (secondary N) is 2. The SMILES string of the molecule is C=C(CC)NC.C=C(CSC)NC.COCOC.COP(=O)(CC(C)C)OC.COP(=O)(OC)C(C)C.COP(=O)(OC)OC(C)C.COP(=O)(OC)OC1CCCCC1. The van der Waals surface area contributed by atoms with Gasteiger partial charge in [-0.3, -0.25) is 36.3 Å². The predicted octanol–water partition coefficient (Wildman–Crippen LogP) is 11.0. The van der Waals surface area contributed by atoms with E-state index in [9.17, 15) is 18.3 Å². The lowest BCUT2D eigenvalue weighted by Gasteiger charge is -2.24. The van der Waals surface area contributed by atoms with Crippen LogP contribution >= 0.6 is 42.6 Å². The van der Waals surface area contributed by atoms with Gasteiger partial charge >= 0.3 is 30.8 Å². The number of phosphoric ester groups is 2. The van der Waals surface area contributed by atoms with Gasteiger partial charge in [0.05, 0.1) is 24.0 Å². The number of thioether (sulfide) groups is 1. The normalized spacial score (nSPS) is 12.9. The van der Waals surface area contributed by atoms with E-state index in [1.54, 1.807) is 53.7 Å². The summed E-state index contributed by atoms with van der Waals surface area (Å²) < 4.78 is 101. The summed E-state index contributed by atoms with van der Waals surface area (Å²) in [6.45, 7) is 20.9. The molecule has 0 aromatic heterocycles. The fraction of sp³-hybridized carbons (Fsp3) is 0.892. The van der Waals surface area contributed by atoms with E-state index in [-0.39, 0.29) is 17.9 Å². The molecule has 0 saturated heterocycles. The molecule has 2 N–H and O–H groups in total. The Bertz CT molecular complexity index is 1110. The topological polar surface area (TPSA) is 203 Å². The number of ether oxygens (including phenoxy) is 2. The number of hydrogen-bond acceptors (Lipinski definition) is 19. The van der Waals surface area contributed by atoms with E-state index in [0.717, 1.165) is 49.3 Å². The molecular weight excluding hydrogens is 884 g/mol. The summed E-state index contributed by atoms with van der Waals surface area (Å²) in [4.78, 5) is 0. The lowest BCUT2D eigenvalue weighted by atomic mass is 9.98. The molecule has 1 aliphatic rings. The minimum Gasteiger partial charge on any atom is -0.392 e. The average molecular weight is 973 g/mol. The second-order valence-electron chi connectivity index (χ2n) is 12.9. The molecule has 1 fully saturated rings. The van der Waals surface area contributed by atoms with Crippen LogP contribution in [0.3, 0.4) is 0 Å². The molecule has 1 rings (SSSR count). The largest absolute Gasteiger partial charge is 0.474 e. The van der Waals surface area contributed by atoms with E-state index < -0.39 is 30.8 Å². The lowest BCUT2D eigenvalue weighted by molar-refractivity contribution is -0.00272. The summed E-state index contributed by atoms with van der Waals surface area (Å²) in [6, 6.07) is 0. The highest BCUT2D eigenvalue weighted by atomic mass is 32.2. The van der Waals surface area contributed by atoms with Gasteiger partial charge in [0, 0.05) is 102 Å². The highest BCUT2D eigenvalue weighted by molar-refractivity contribution is 7.98. The van der Waals surface area contributed by atoms with Crippen molar-refractivity contribution in [1.82, 2.24) is 10.6 Å². The number of hydrogen-bond donors (Lipinski definition) is 2. The van der Waals surface area contributed by atoms with Crippen molar-refractivity contribution >= 4 is 42.6 Å². The van der Waals surface area contributed by atoms with Gasteiger partial charge < -0.3 is 38.2 Å². The second-order valence-corrected chi connectivity index (χ2v) is 22.6. The van der Waals surface area contributed by atoms with Crippen molar-refractivity contribution in [2.24, 2.45) is 5.92 Å². The highest BCUT2D eigenvalue weighted by Crippen LogP contribution is 2.52. The van der Waals surface area contributed by atoms with Gasteiger partial charge in [-0.05, 0) is 45.3 Å². The summed E-state index contributed by atoms with van der Waals surface area (Å²) in [5.41, 5.74) is 2.12. The summed E-state index contributed by atoms with van der Waals surface area (Å²) in [5, 5.41) is 5.87. The molecule has 0 aliphatic heterocycles. The molecular formula is C37H88N2O16P4S. The van der Waals surface area contributed by atoms with Gasteiger partial charge in [0.25, 0.3) is 0 Å². The lowest BCUT2D eigenvalue weighted by Crippen LogP contribution is -2.16. The van der Waals surface area contributed by atoms with Crippen LogP contribution in [-0.2, 0) is 73.0 Å². The van der Waals surface area contributed by atoms with Crippen LogP contribution in [0, 0.1) is 5.92 Å². The van der Waals surface area contributed by atoms with Crippen molar-refractivity contribution in [3.05, 3.63) is 24.6 Å². The van der Waals surface area contributed by atoms with Crippen molar-refractivity contribution in [3.63, 3.8) is 0 Å². The Hall–Kier alpha value is -0.130. The Morgan fingerprint density at radius 3 is 1.22 bits per heavy atom. The Labute approximate surface area is 370 Å². The highest BCUT2D eigenvalue weighted by Gasteiger charge is 2.29. The van der Waals surface area contributed by atoms with Crippen LogP contribution < -0.4 is 10.6 Å². The first-order valence-electron chi connectivity index (χ1n) is 19.3. The van der Waals surface area contributed by atoms with Crippen molar-refractivity contribution in [2.45, 2.75) is 105 Å². The Morgan fingerprint density at radius 1 is 0.650 bits per heavy atom. The number of methoxy groups -OCH3 is 2. The van der Waals surface area contributed by atoms with Crippen LogP contribution in [-0.4, -0.2) is 128 Å². The monoisotopic (exact) mass is 972 g/mol. The second kappa shape index (κ2) is 45.4. The van der Waals surface area contributed by atoms with Crippen LogP contribution in [0.15, 0.2) is 24.6 Å². The van der Waals surface area contributed by atoms with Crippen molar-refractivity contribution in [2.75, 3.05) is 110 Å². The van der Waals surface area contributed by atoms with Crippen molar-refractivity contribution < 1.29 is 73.0 Å². The zero-order valence-electron chi connectivity index (χ0n) is 40.8. The van der Waals surface area contributed by atoms with Crippen LogP contribution in [0.4, 0.5) is 0 Å². The fourth-order valence-corrected chi connectivity index (χ4v) is 8.20. The van der Waals surface area contributed by atoms with Gasteiger partial charge in [0.2, 0.25) is 0 Å². The molecule has 1 saturated carbocycles. The summed E-state index contributed by atoms with van der Waals surface area (Å²) in [6.07, 6.45) is 8.87. The van der Waals surface area contributed by atoms with Crippen LogP contribution in [0.2, 0.25) is 0 Å². The van der Waals surface area contributed by atoms with Gasteiger partial charge in [-0.15, -0.1) is 0 Å². The van der Waals surface area contributed by atoms with Gasteiger partial charge in [-0.25, -0.2) is 9.13 Å². The Balaban J connectivity index is -0.000000145. The molecule has 1 aliphatic carbocycles. The third-order valence-electron chi connectivity index (χ3n) is 7.04. The molecule has 0 heterocycles. The molecule has 0 radical (unpaired) electrons. The van der Waals surface area contributed by atoms with Crippen molar-refractivity contribution in [1.29, 1.82) is 0 Å². The molecule has 0 spiro atoms. The fourth-order valence-electron chi connectivity index (χ4n) is 3.64.